The number of hydrogen-bond acceptors (Lipinski definition) is 4. The van der Waals surface area contributed by atoms with E-state index >= 15 is 0 Å². The number of urea groups is 1. The summed E-state index contributed by atoms with van der Waals surface area (Å²) < 4.78 is 23.5. The van der Waals surface area contributed by atoms with Gasteiger partial charge in [-0.25, -0.2) is 14.2 Å². The van der Waals surface area contributed by atoms with Crippen molar-refractivity contribution in [3.63, 3.8) is 0 Å². The molecule has 26 heavy (non-hydrogen) atoms. The molecule has 3 rings (SSSR count). The van der Waals surface area contributed by atoms with Gasteiger partial charge in [-0.05, 0) is 36.4 Å². The Labute approximate surface area is 150 Å². The van der Waals surface area contributed by atoms with E-state index in [1.807, 2.05) is 12.1 Å². The molecule has 0 fully saturated rings. The summed E-state index contributed by atoms with van der Waals surface area (Å²) in [7, 11) is 1.54. The number of benzene rings is 2. The molecule has 0 unspecified atom stereocenters. The molecule has 7 heteroatoms. The topological polar surface area (TPSA) is 76.4 Å². The van der Waals surface area contributed by atoms with Gasteiger partial charge < -0.3 is 19.8 Å². The predicted molar refractivity (Wildman–Crippen MR) is 95.6 cm³/mol. The fourth-order valence-corrected chi connectivity index (χ4v) is 2.37. The van der Waals surface area contributed by atoms with E-state index in [1.54, 1.807) is 31.4 Å². The van der Waals surface area contributed by atoms with Gasteiger partial charge in [0.1, 0.15) is 17.8 Å². The Kier molecular flexibility index (Phi) is 5.48. The molecule has 0 aliphatic rings. The predicted octanol–water partition coefficient (Wildman–Crippen LogP) is 3.85. The number of nitrogens with zero attached hydrogens (tertiary/aromatic N) is 1. The van der Waals surface area contributed by atoms with Gasteiger partial charge in [0.2, 0.25) is 5.89 Å². The number of methoxy groups -OCH3 is 1. The molecule has 2 aromatic carbocycles. The van der Waals surface area contributed by atoms with Crippen molar-refractivity contribution in [2.24, 2.45) is 0 Å². The summed E-state index contributed by atoms with van der Waals surface area (Å²) in [6, 6.07) is 12.7. The first kappa shape index (κ1) is 17.5. The zero-order valence-corrected chi connectivity index (χ0v) is 14.2. The molecule has 1 heterocycles. The van der Waals surface area contributed by atoms with Gasteiger partial charge >= 0.3 is 6.03 Å². The van der Waals surface area contributed by atoms with Gasteiger partial charge in [-0.15, -0.1) is 0 Å². The molecule has 0 saturated heterocycles. The number of anilines is 1. The molecule has 0 aliphatic heterocycles. The maximum Gasteiger partial charge on any atom is 0.319 e. The number of aromatic nitrogens is 1. The minimum atomic E-state index is -0.336. The molecule has 0 bridgehead atoms. The second kappa shape index (κ2) is 8.15. The number of oxazole rings is 1. The fourth-order valence-electron chi connectivity index (χ4n) is 2.37. The maximum absolute atomic E-state index is 12.9. The minimum absolute atomic E-state index is 0.314. The molecule has 3 aromatic rings. The van der Waals surface area contributed by atoms with Crippen LogP contribution in [0, 0.1) is 5.82 Å². The van der Waals surface area contributed by atoms with E-state index < -0.39 is 0 Å². The molecular weight excluding hydrogens is 337 g/mol. The van der Waals surface area contributed by atoms with Crippen LogP contribution in [0.3, 0.4) is 0 Å². The van der Waals surface area contributed by atoms with Crippen molar-refractivity contribution in [1.82, 2.24) is 10.3 Å². The number of ether oxygens (including phenoxy) is 1. The molecule has 0 spiro atoms. The Bertz CT molecular complexity index is 878. The minimum Gasteiger partial charge on any atom is -0.495 e. The van der Waals surface area contributed by atoms with Gasteiger partial charge in [-0.1, -0.05) is 12.1 Å². The number of para-hydroxylation sites is 2. The molecule has 0 saturated carbocycles. The fraction of sp³-hybridized carbons (Fsp3) is 0.158. The van der Waals surface area contributed by atoms with Crippen molar-refractivity contribution in [3.8, 4) is 17.2 Å². The van der Waals surface area contributed by atoms with Crippen molar-refractivity contribution >= 4 is 11.7 Å². The smallest absolute Gasteiger partial charge is 0.319 e. The lowest BCUT2D eigenvalue weighted by molar-refractivity contribution is 0.252. The van der Waals surface area contributed by atoms with E-state index in [2.05, 4.69) is 15.6 Å². The quantitative estimate of drug-likeness (QED) is 0.704. The molecule has 2 N–H and O–H groups in total. The summed E-state index contributed by atoms with van der Waals surface area (Å²) >= 11 is 0. The number of nitrogens with one attached hydrogen (secondary N) is 2. The summed E-state index contributed by atoms with van der Waals surface area (Å²) in [5, 5.41) is 5.48. The normalized spacial score (nSPS) is 10.4. The Morgan fingerprint density at radius 3 is 2.73 bits per heavy atom. The van der Waals surface area contributed by atoms with E-state index in [4.69, 9.17) is 9.15 Å². The third-order valence-electron chi connectivity index (χ3n) is 3.66. The largest absolute Gasteiger partial charge is 0.495 e. The van der Waals surface area contributed by atoms with Crippen LogP contribution in [0.4, 0.5) is 14.9 Å². The van der Waals surface area contributed by atoms with Crippen LogP contribution in [-0.2, 0) is 6.42 Å². The average molecular weight is 355 g/mol. The van der Waals surface area contributed by atoms with Crippen LogP contribution in [-0.4, -0.2) is 24.7 Å². The van der Waals surface area contributed by atoms with Crippen molar-refractivity contribution in [1.29, 1.82) is 0 Å². The van der Waals surface area contributed by atoms with Crippen LogP contribution >= 0.6 is 0 Å². The molecule has 134 valence electrons. The lowest BCUT2D eigenvalue weighted by Gasteiger charge is -2.10. The standard InChI is InChI=1S/C19H18FN3O3/c1-25-17-5-3-2-4-16(17)23-19(24)21-11-10-15-12-26-18(22-15)13-6-8-14(20)9-7-13/h2-9,12H,10-11H2,1H3,(H2,21,23,24). The van der Waals surface area contributed by atoms with Gasteiger partial charge in [-0.2, -0.15) is 0 Å². The summed E-state index contributed by atoms with van der Waals surface area (Å²) in [4.78, 5) is 16.3. The molecule has 1 aromatic heterocycles. The Morgan fingerprint density at radius 1 is 1.19 bits per heavy atom. The number of rotatable bonds is 6. The summed E-state index contributed by atoms with van der Waals surface area (Å²) in [5.41, 5.74) is 1.98. The van der Waals surface area contributed by atoms with E-state index in [0.29, 0.717) is 41.6 Å². The van der Waals surface area contributed by atoms with Gasteiger partial charge in [0, 0.05) is 18.5 Å². The first-order valence-corrected chi connectivity index (χ1v) is 8.04. The maximum atomic E-state index is 12.9. The Morgan fingerprint density at radius 2 is 1.96 bits per heavy atom. The zero-order chi connectivity index (χ0) is 18.4. The van der Waals surface area contributed by atoms with Crippen LogP contribution in [0.2, 0.25) is 0 Å². The van der Waals surface area contributed by atoms with Crippen LogP contribution < -0.4 is 15.4 Å². The Balaban J connectivity index is 1.50. The first-order valence-electron chi connectivity index (χ1n) is 8.04. The highest BCUT2D eigenvalue weighted by Gasteiger charge is 2.09. The highest BCUT2D eigenvalue weighted by molar-refractivity contribution is 5.90. The van der Waals surface area contributed by atoms with Crippen molar-refractivity contribution in [3.05, 3.63) is 66.3 Å². The summed E-state index contributed by atoms with van der Waals surface area (Å²) in [6.07, 6.45) is 2.03. The number of carbonyl (C=O) groups is 1. The van der Waals surface area contributed by atoms with Crippen molar-refractivity contribution in [2.75, 3.05) is 19.0 Å². The van der Waals surface area contributed by atoms with Crippen LogP contribution in [0.15, 0.2) is 59.2 Å². The Hall–Kier alpha value is -3.35. The second-order valence-electron chi connectivity index (χ2n) is 5.48. The number of hydrogen-bond donors (Lipinski definition) is 2. The molecule has 0 aliphatic carbocycles. The van der Waals surface area contributed by atoms with E-state index in [-0.39, 0.29) is 11.8 Å². The molecule has 0 radical (unpaired) electrons. The third-order valence-corrected chi connectivity index (χ3v) is 3.66. The van der Waals surface area contributed by atoms with Gasteiger partial charge in [0.15, 0.2) is 0 Å². The van der Waals surface area contributed by atoms with Crippen LogP contribution in [0.1, 0.15) is 5.69 Å². The molecule has 0 atom stereocenters. The number of carbonyl (C=O) groups excluding carboxylic acids is 1. The number of halogens is 1. The van der Waals surface area contributed by atoms with Crippen molar-refractivity contribution in [2.45, 2.75) is 6.42 Å². The van der Waals surface area contributed by atoms with Gasteiger partial charge in [0.05, 0.1) is 18.5 Å². The summed E-state index contributed by atoms with van der Waals surface area (Å²) in [5.74, 6) is 0.687. The highest BCUT2D eigenvalue weighted by Crippen LogP contribution is 2.22. The SMILES string of the molecule is COc1ccccc1NC(=O)NCCc1coc(-c2ccc(F)cc2)n1. The molecule has 6 nitrogen and oxygen atoms in total. The second-order valence-corrected chi connectivity index (χ2v) is 5.48. The number of amides is 2. The van der Waals surface area contributed by atoms with Gasteiger partial charge in [0.25, 0.3) is 0 Å². The summed E-state index contributed by atoms with van der Waals surface area (Å²) in [6.45, 7) is 0.385. The highest BCUT2D eigenvalue weighted by atomic mass is 19.1. The van der Waals surface area contributed by atoms with Gasteiger partial charge in [-0.3, -0.25) is 0 Å². The zero-order valence-electron chi connectivity index (χ0n) is 14.2. The van der Waals surface area contributed by atoms with E-state index in [0.717, 1.165) is 0 Å². The molecular formula is C19H18FN3O3. The van der Waals surface area contributed by atoms with Crippen LogP contribution in [0.25, 0.3) is 11.5 Å². The lowest BCUT2D eigenvalue weighted by Crippen LogP contribution is -2.30. The molecule has 2 amide bonds. The van der Waals surface area contributed by atoms with E-state index in [1.165, 1.54) is 18.4 Å². The first-order chi connectivity index (χ1) is 12.7. The van der Waals surface area contributed by atoms with Crippen LogP contribution in [0.5, 0.6) is 5.75 Å². The third kappa shape index (κ3) is 4.38. The monoisotopic (exact) mass is 355 g/mol. The lowest BCUT2D eigenvalue weighted by atomic mass is 10.2. The van der Waals surface area contributed by atoms with E-state index in [9.17, 15) is 9.18 Å². The average Bonchev–Trinajstić information content (AvgIpc) is 3.11. The van der Waals surface area contributed by atoms with Crippen molar-refractivity contribution < 1.29 is 18.3 Å².